The summed E-state index contributed by atoms with van der Waals surface area (Å²) in [6, 6.07) is 12.5. The van der Waals surface area contributed by atoms with Gasteiger partial charge < -0.3 is 10.4 Å². The predicted octanol–water partition coefficient (Wildman–Crippen LogP) is 3.56. The summed E-state index contributed by atoms with van der Waals surface area (Å²) < 4.78 is 0. The van der Waals surface area contributed by atoms with E-state index in [0.717, 1.165) is 17.5 Å². The minimum Gasteiger partial charge on any atom is -0.383 e. The third-order valence-corrected chi connectivity index (χ3v) is 4.61. The van der Waals surface area contributed by atoms with Gasteiger partial charge in [0.15, 0.2) is 0 Å². The lowest BCUT2D eigenvalue weighted by Gasteiger charge is -2.24. The lowest BCUT2D eigenvalue weighted by Crippen LogP contribution is -2.39. The van der Waals surface area contributed by atoms with Gasteiger partial charge in [-0.25, -0.2) is 0 Å². The first kappa shape index (κ1) is 15.3. The summed E-state index contributed by atoms with van der Waals surface area (Å²) in [5.41, 5.74) is 1.29. The number of carbonyl (C=O) groups excluding carboxylic acids is 1. The first-order valence-electron chi connectivity index (χ1n) is 7.04. The van der Waals surface area contributed by atoms with Gasteiger partial charge in [0.05, 0.1) is 17.1 Å². The lowest BCUT2D eigenvalue weighted by molar-refractivity contribution is 0.0369. The number of rotatable bonds is 3. The summed E-state index contributed by atoms with van der Waals surface area (Å²) in [5.74, 6) is -0.342. The molecule has 0 radical (unpaired) electrons. The van der Waals surface area contributed by atoms with Gasteiger partial charge >= 0.3 is 0 Å². The van der Waals surface area contributed by atoms with Crippen LogP contribution in [0, 0.1) is 0 Å². The number of benzene rings is 2. The van der Waals surface area contributed by atoms with Crippen LogP contribution in [0.1, 0.15) is 27.9 Å². The Morgan fingerprint density at radius 3 is 2.82 bits per heavy atom. The lowest BCUT2D eigenvalue weighted by atomic mass is 9.96. The van der Waals surface area contributed by atoms with Crippen LogP contribution < -0.4 is 5.32 Å². The van der Waals surface area contributed by atoms with Gasteiger partial charge in [-0.15, -0.1) is 0 Å². The molecule has 0 aromatic heterocycles. The molecule has 22 heavy (non-hydrogen) atoms. The van der Waals surface area contributed by atoms with E-state index >= 15 is 0 Å². The molecule has 0 fully saturated rings. The molecule has 2 aromatic rings. The standard InChI is InChI=1S/C17H15Cl2NO2/c18-12-5-6-15(19)13(9-12)16(21)20-10-17(22)8-7-11-3-1-2-4-14(11)17/h1-6,9,22H,7-8,10H2,(H,20,21). The molecule has 1 aliphatic rings. The first-order chi connectivity index (χ1) is 10.5. The van der Waals surface area contributed by atoms with Crippen LogP contribution in [0.2, 0.25) is 10.0 Å². The second kappa shape index (κ2) is 5.92. The molecule has 0 heterocycles. The average molecular weight is 336 g/mol. The predicted molar refractivity (Wildman–Crippen MR) is 87.5 cm³/mol. The molecule has 0 bridgehead atoms. The molecule has 0 spiro atoms. The normalized spacial score (nSPS) is 19.8. The van der Waals surface area contributed by atoms with Gasteiger partial charge in [-0.3, -0.25) is 4.79 Å². The Hall–Kier alpha value is -1.55. The van der Waals surface area contributed by atoms with Crippen LogP contribution in [-0.2, 0) is 12.0 Å². The number of nitrogens with one attached hydrogen (secondary N) is 1. The van der Waals surface area contributed by atoms with E-state index in [1.54, 1.807) is 12.1 Å². The van der Waals surface area contributed by atoms with Crippen molar-refractivity contribution >= 4 is 29.1 Å². The number of aliphatic hydroxyl groups is 1. The zero-order chi connectivity index (χ0) is 15.7. The van der Waals surface area contributed by atoms with Crippen molar-refractivity contribution in [3.8, 4) is 0 Å². The first-order valence-corrected chi connectivity index (χ1v) is 7.79. The maximum atomic E-state index is 12.3. The highest BCUT2D eigenvalue weighted by Gasteiger charge is 2.36. The Kier molecular flexibility index (Phi) is 4.13. The van der Waals surface area contributed by atoms with Gasteiger partial charge in [0.2, 0.25) is 0 Å². The summed E-state index contributed by atoms with van der Waals surface area (Å²) >= 11 is 11.9. The van der Waals surface area contributed by atoms with Crippen molar-refractivity contribution < 1.29 is 9.90 Å². The Balaban J connectivity index is 1.76. The molecular weight excluding hydrogens is 321 g/mol. The van der Waals surface area contributed by atoms with Gasteiger partial charge in [0.1, 0.15) is 5.60 Å². The number of fused-ring (bicyclic) bond motifs is 1. The zero-order valence-electron chi connectivity index (χ0n) is 11.8. The molecule has 3 rings (SSSR count). The van der Waals surface area contributed by atoms with E-state index in [9.17, 15) is 9.90 Å². The summed E-state index contributed by atoms with van der Waals surface area (Å²) in [7, 11) is 0. The number of amides is 1. The van der Waals surface area contributed by atoms with Crippen molar-refractivity contribution in [3.05, 3.63) is 69.2 Å². The Morgan fingerprint density at radius 2 is 2.00 bits per heavy atom. The highest BCUT2D eigenvalue weighted by molar-refractivity contribution is 6.35. The van der Waals surface area contributed by atoms with Crippen molar-refractivity contribution in [1.82, 2.24) is 5.32 Å². The third-order valence-electron chi connectivity index (χ3n) is 4.04. The second-order valence-corrected chi connectivity index (χ2v) is 6.34. The third kappa shape index (κ3) is 2.84. The number of halogens is 2. The van der Waals surface area contributed by atoms with Crippen molar-refractivity contribution in [3.63, 3.8) is 0 Å². The summed E-state index contributed by atoms with van der Waals surface area (Å²) in [6.07, 6.45) is 1.40. The molecule has 0 saturated carbocycles. The van der Waals surface area contributed by atoms with Crippen LogP contribution in [0.15, 0.2) is 42.5 Å². The number of hydrogen-bond acceptors (Lipinski definition) is 2. The monoisotopic (exact) mass is 335 g/mol. The van der Waals surface area contributed by atoms with Crippen molar-refractivity contribution in [2.45, 2.75) is 18.4 Å². The topological polar surface area (TPSA) is 49.3 Å². The van der Waals surface area contributed by atoms with E-state index in [1.807, 2.05) is 24.3 Å². The molecule has 1 unspecified atom stereocenters. The second-order valence-electron chi connectivity index (χ2n) is 5.50. The van der Waals surface area contributed by atoms with E-state index in [-0.39, 0.29) is 12.5 Å². The Morgan fingerprint density at radius 1 is 1.23 bits per heavy atom. The number of hydrogen-bond donors (Lipinski definition) is 2. The SMILES string of the molecule is O=C(NCC1(O)CCc2ccccc21)c1cc(Cl)ccc1Cl. The fraction of sp³-hybridized carbons (Fsp3) is 0.235. The van der Waals surface area contributed by atoms with Crippen LogP contribution in [0.3, 0.4) is 0 Å². The van der Waals surface area contributed by atoms with E-state index in [2.05, 4.69) is 5.32 Å². The fourth-order valence-corrected chi connectivity index (χ4v) is 3.22. The van der Waals surface area contributed by atoms with E-state index < -0.39 is 5.60 Å². The molecule has 5 heteroatoms. The van der Waals surface area contributed by atoms with Gasteiger partial charge in [-0.2, -0.15) is 0 Å². The molecule has 114 valence electrons. The highest BCUT2D eigenvalue weighted by Crippen LogP contribution is 2.36. The highest BCUT2D eigenvalue weighted by atomic mass is 35.5. The van der Waals surface area contributed by atoms with E-state index in [4.69, 9.17) is 23.2 Å². The summed E-state index contributed by atoms with van der Waals surface area (Å²) in [4.78, 5) is 12.3. The smallest absolute Gasteiger partial charge is 0.252 e. The van der Waals surface area contributed by atoms with E-state index in [0.29, 0.717) is 22.0 Å². The molecule has 1 aliphatic carbocycles. The maximum absolute atomic E-state index is 12.3. The van der Waals surface area contributed by atoms with E-state index in [1.165, 1.54) is 6.07 Å². The van der Waals surface area contributed by atoms with Crippen LogP contribution >= 0.6 is 23.2 Å². The molecule has 2 aromatic carbocycles. The van der Waals surface area contributed by atoms with Crippen LogP contribution in [0.4, 0.5) is 0 Å². The van der Waals surface area contributed by atoms with Crippen molar-refractivity contribution in [2.24, 2.45) is 0 Å². The largest absolute Gasteiger partial charge is 0.383 e. The molecule has 3 nitrogen and oxygen atoms in total. The number of carbonyl (C=O) groups is 1. The fourth-order valence-electron chi connectivity index (χ4n) is 2.85. The minimum atomic E-state index is -1.03. The molecule has 1 atom stereocenters. The molecule has 0 saturated heterocycles. The summed E-state index contributed by atoms with van der Waals surface area (Å²) in [5, 5.41) is 14.3. The van der Waals surface area contributed by atoms with Gasteiger partial charge in [0.25, 0.3) is 5.91 Å². The molecule has 1 amide bonds. The van der Waals surface area contributed by atoms with Crippen molar-refractivity contribution in [1.29, 1.82) is 0 Å². The molecular formula is C17H15Cl2NO2. The average Bonchev–Trinajstić information content (AvgIpc) is 2.86. The van der Waals surface area contributed by atoms with Crippen LogP contribution in [-0.4, -0.2) is 17.6 Å². The van der Waals surface area contributed by atoms with Crippen LogP contribution in [0.25, 0.3) is 0 Å². The minimum absolute atomic E-state index is 0.145. The van der Waals surface area contributed by atoms with Gasteiger partial charge in [-0.1, -0.05) is 47.5 Å². The molecule has 0 aliphatic heterocycles. The maximum Gasteiger partial charge on any atom is 0.252 e. The van der Waals surface area contributed by atoms with Gasteiger partial charge in [0, 0.05) is 5.02 Å². The van der Waals surface area contributed by atoms with Crippen molar-refractivity contribution in [2.75, 3.05) is 6.54 Å². The van der Waals surface area contributed by atoms with Crippen LogP contribution in [0.5, 0.6) is 0 Å². The number of aryl methyl sites for hydroxylation is 1. The Labute approximate surface area is 138 Å². The molecule has 2 N–H and O–H groups in total. The summed E-state index contributed by atoms with van der Waals surface area (Å²) in [6.45, 7) is 0.145. The Bertz CT molecular complexity index is 732. The quantitative estimate of drug-likeness (QED) is 0.900. The zero-order valence-corrected chi connectivity index (χ0v) is 13.3. The van der Waals surface area contributed by atoms with Gasteiger partial charge in [-0.05, 0) is 42.2 Å².